The summed E-state index contributed by atoms with van der Waals surface area (Å²) >= 11 is 0. The summed E-state index contributed by atoms with van der Waals surface area (Å²) in [6.45, 7) is 5.07. The molecule has 11 heavy (non-hydrogen) atoms. The molecule has 0 aromatic heterocycles. The van der Waals surface area contributed by atoms with Crippen LogP contribution in [0, 0.1) is 5.41 Å². The van der Waals surface area contributed by atoms with Gasteiger partial charge in [0.15, 0.2) is 0 Å². The van der Waals surface area contributed by atoms with Gasteiger partial charge in [0.2, 0.25) is 5.91 Å². The molecule has 0 saturated carbocycles. The number of nitrogens with one attached hydrogen (secondary N) is 1. The topological polar surface area (TPSA) is 55.1 Å². The van der Waals surface area contributed by atoms with Crippen molar-refractivity contribution in [2.45, 2.75) is 32.7 Å². The first-order chi connectivity index (χ1) is 5.04. The molecule has 1 amide bonds. The van der Waals surface area contributed by atoms with Crippen LogP contribution in [0.5, 0.6) is 0 Å². The molecule has 0 spiro atoms. The summed E-state index contributed by atoms with van der Waals surface area (Å²) in [5, 5.41) is 3.13. The van der Waals surface area contributed by atoms with Gasteiger partial charge in [-0.05, 0) is 24.8 Å². The van der Waals surface area contributed by atoms with E-state index in [2.05, 4.69) is 19.2 Å². The van der Waals surface area contributed by atoms with Crippen molar-refractivity contribution in [3.05, 3.63) is 0 Å². The average molecular weight is 156 g/mol. The van der Waals surface area contributed by atoms with E-state index in [1.54, 1.807) is 0 Å². The van der Waals surface area contributed by atoms with Gasteiger partial charge in [-0.1, -0.05) is 13.8 Å². The number of nitrogens with two attached hydrogens (primary N) is 1. The van der Waals surface area contributed by atoms with E-state index in [1.807, 2.05) is 0 Å². The van der Waals surface area contributed by atoms with Crippen molar-refractivity contribution < 1.29 is 4.79 Å². The van der Waals surface area contributed by atoms with Gasteiger partial charge >= 0.3 is 0 Å². The van der Waals surface area contributed by atoms with E-state index in [0.29, 0.717) is 0 Å². The SMILES string of the molecule is CC1(C)CCCNC1C(N)=O. The molecular formula is C8H16N2O. The Kier molecular flexibility index (Phi) is 2.18. The lowest BCUT2D eigenvalue weighted by Gasteiger charge is -2.37. The Hall–Kier alpha value is -0.570. The maximum Gasteiger partial charge on any atom is 0.235 e. The zero-order valence-corrected chi connectivity index (χ0v) is 7.18. The first-order valence-corrected chi connectivity index (χ1v) is 4.07. The monoisotopic (exact) mass is 156 g/mol. The van der Waals surface area contributed by atoms with E-state index in [9.17, 15) is 4.79 Å². The summed E-state index contributed by atoms with van der Waals surface area (Å²) in [5.41, 5.74) is 5.27. The van der Waals surface area contributed by atoms with Crippen LogP contribution in [0.2, 0.25) is 0 Å². The Morgan fingerprint density at radius 2 is 2.27 bits per heavy atom. The van der Waals surface area contributed by atoms with Crippen LogP contribution >= 0.6 is 0 Å². The summed E-state index contributed by atoms with van der Waals surface area (Å²) in [7, 11) is 0. The number of hydrogen-bond acceptors (Lipinski definition) is 2. The van der Waals surface area contributed by atoms with Gasteiger partial charge in [-0.2, -0.15) is 0 Å². The normalized spacial score (nSPS) is 29.8. The van der Waals surface area contributed by atoms with Gasteiger partial charge in [0.1, 0.15) is 0 Å². The molecule has 64 valence electrons. The van der Waals surface area contributed by atoms with Crippen molar-refractivity contribution in [1.29, 1.82) is 0 Å². The van der Waals surface area contributed by atoms with E-state index in [4.69, 9.17) is 5.73 Å². The molecule has 3 heteroatoms. The molecule has 3 nitrogen and oxygen atoms in total. The fourth-order valence-corrected chi connectivity index (χ4v) is 1.70. The second kappa shape index (κ2) is 2.81. The minimum atomic E-state index is -0.227. The van der Waals surface area contributed by atoms with Crippen molar-refractivity contribution in [1.82, 2.24) is 5.32 Å². The number of rotatable bonds is 1. The second-order valence-electron chi connectivity index (χ2n) is 3.88. The number of carbonyl (C=O) groups is 1. The highest BCUT2D eigenvalue weighted by atomic mass is 16.1. The molecule has 1 rings (SSSR count). The molecule has 0 bridgehead atoms. The number of amides is 1. The standard InChI is InChI=1S/C8H16N2O/c1-8(2)4-3-5-10-6(8)7(9)11/h6,10H,3-5H2,1-2H3,(H2,9,11). The molecule has 1 unspecified atom stereocenters. The highest BCUT2D eigenvalue weighted by molar-refractivity contribution is 5.80. The second-order valence-corrected chi connectivity index (χ2v) is 3.88. The fraction of sp³-hybridized carbons (Fsp3) is 0.875. The predicted molar refractivity (Wildman–Crippen MR) is 44.0 cm³/mol. The Bertz CT molecular complexity index is 165. The van der Waals surface area contributed by atoms with Gasteiger partial charge < -0.3 is 11.1 Å². The third-order valence-electron chi connectivity index (χ3n) is 2.41. The van der Waals surface area contributed by atoms with Crippen molar-refractivity contribution in [2.24, 2.45) is 11.1 Å². The molecule has 1 aliphatic heterocycles. The number of carbonyl (C=O) groups excluding carboxylic acids is 1. The molecule has 3 N–H and O–H groups in total. The smallest absolute Gasteiger partial charge is 0.235 e. The Morgan fingerprint density at radius 3 is 2.64 bits per heavy atom. The Balaban J connectivity index is 2.67. The summed E-state index contributed by atoms with van der Waals surface area (Å²) in [4.78, 5) is 10.9. The van der Waals surface area contributed by atoms with Crippen molar-refractivity contribution in [3.63, 3.8) is 0 Å². The van der Waals surface area contributed by atoms with Crippen molar-refractivity contribution >= 4 is 5.91 Å². The quantitative estimate of drug-likeness (QED) is 0.571. The van der Waals surface area contributed by atoms with Gasteiger partial charge in [0.25, 0.3) is 0 Å². The minimum absolute atomic E-state index is 0.0318. The van der Waals surface area contributed by atoms with Gasteiger partial charge in [0.05, 0.1) is 6.04 Å². The number of piperidine rings is 1. The van der Waals surface area contributed by atoms with Crippen LogP contribution in [0.25, 0.3) is 0 Å². The van der Waals surface area contributed by atoms with Gasteiger partial charge in [-0.25, -0.2) is 0 Å². The van der Waals surface area contributed by atoms with Gasteiger partial charge in [-0.3, -0.25) is 4.79 Å². The van der Waals surface area contributed by atoms with Crippen LogP contribution in [0.3, 0.4) is 0 Å². The lowest BCUT2D eigenvalue weighted by atomic mass is 9.77. The maximum absolute atomic E-state index is 10.9. The molecule has 1 fully saturated rings. The molecular weight excluding hydrogens is 140 g/mol. The summed E-state index contributed by atoms with van der Waals surface area (Å²) in [6, 6.07) is -0.142. The van der Waals surface area contributed by atoms with Crippen LogP contribution < -0.4 is 11.1 Å². The molecule has 0 aromatic rings. The molecule has 0 aliphatic carbocycles. The van der Waals surface area contributed by atoms with Crippen LogP contribution in [0.1, 0.15) is 26.7 Å². The van der Waals surface area contributed by atoms with E-state index >= 15 is 0 Å². The largest absolute Gasteiger partial charge is 0.368 e. The van der Waals surface area contributed by atoms with Gasteiger partial charge in [0, 0.05) is 0 Å². The fourth-order valence-electron chi connectivity index (χ4n) is 1.70. The molecule has 1 aliphatic rings. The summed E-state index contributed by atoms with van der Waals surface area (Å²) < 4.78 is 0. The number of primary amides is 1. The lowest BCUT2D eigenvalue weighted by Crippen LogP contribution is -2.54. The predicted octanol–water partition coefficient (Wildman–Crippen LogP) is 0.250. The van der Waals surface area contributed by atoms with Crippen molar-refractivity contribution in [2.75, 3.05) is 6.54 Å². The summed E-state index contributed by atoms with van der Waals surface area (Å²) in [5.74, 6) is -0.227. The van der Waals surface area contributed by atoms with Crippen molar-refractivity contribution in [3.8, 4) is 0 Å². The van der Waals surface area contributed by atoms with E-state index in [1.165, 1.54) is 0 Å². The molecule has 0 aromatic carbocycles. The highest BCUT2D eigenvalue weighted by Crippen LogP contribution is 2.29. The third-order valence-corrected chi connectivity index (χ3v) is 2.41. The van der Waals surface area contributed by atoms with Crippen LogP contribution in [-0.2, 0) is 4.79 Å². The summed E-state index contributed by atoms with van der Waals surface area (Å²) in [6.07, 6.45) is 2.21. The average Bonchev–Trinajstić information content (AvgIpc) is 1.85. The highest BCUT2D eigenvalue weighted by Gasteiger charge is 2.35. The first kappa shape index (κ1) is 8.53. The molecule has 1 saturated heterocycles. The van der Waals surface area contributed by atoms with Crippen LogP contribution in [0.4, 0.5) is 0 Å². The zero-order chi connectivity index (χ0) is 8.48. The molecule has 1 heterocycles. The van der Waals surface area contributed by atoms with Crippen LogP contribution in [-0.4, -0.2) is 18.5 Å². The van der Waals surface area contributed by atoms with E-state index in [0.717, 1.165) is 19.4 Å². The first-order valence-electron chi connectivity index (χ1n) is 4.07. The van der Waals surface area contributed by atoms with Crippen LogP contribution in [0.15, 0.2) is 0 Å². The third kappa shape index (κ3) is 1.71. The number of hydrogen-bond donors (Lipinski definition) is 2. The minimum Gasteiger partial charge on any atom is -0.368 e. The van der Waals surface area contributed by atoms with E-state index in [-0.39, 0.29) is 17.4 Å². The Labute approximate surface area is 67.3 Å². The van der Waals surface area contributed by atoms with Gasteiger partial charge in [-0.15, -0.1) is 0 Å². The molecule has 0 radical (unpaired) electrons. The lowest BCUT2D eigenvalue weighted by molar-refractivity contribution is -0.123. The Morgan fingerprint density at radius 1 is 1.64 bits per heavy atom. The maximum atomic E-state index is 10.9. The molecule has 1 atom stereocenters. The van der Waals surface area contributed by atoms with E-state index < -0.39 is 0 Å². The zero-order valence-electron chi connectivity index (χ0n) is 7.18.